The molecule has 4 heterocycles. The molecular formula is C38H40ClF3N8O5S. The summed E-state index contributed by atoms with van der Waals surface area (Å²) in [7, 11) is 0. The standard InChI is InChI=1S/C38H40ClF3N8O5S/c1-4-21-13-25(50-36(56)49(35(54)37(50,2)3)26-17-28(38(40,41)42)30(18-43)44-19-26)5-7-31(21)55-27-9-11-48(12-10-27)20-33(52)46-24-15-22(39)14-23(16-24)45-29-6-8-32(51)47-34(29)53/h5,7,13-17,19,27,29,36,45,56H,4,6,8-12,20H2,1-3H3,(H,46,52)(H,47,51,53). The van der Waals surface area contributed by atoms with Gasteiger partial charge in [-0.15, -0.1) is 12.6 Å². The van der Waals surface area contributed by atoms with Crippen molar-refractivity contribution in [2.24, 2.45) is 0 Å². The first-order valence-electron chi connectivity index (χ1n) is 18.0. The van der Waals surface area contributed by atoms with E-state index in [4.69, 9.17) is 16.3 Å². The molecule has 6 rings (SSSR count). The number of likely N-dealkylation sites (tertiary alicyclic amines) is 1. The van der Waals surface area contributed by atoms with Crippen molar-refractivity contribution in [3.63, 3.8) is 0 Å². The van der Waals surface area contributed by atoms with E-state index >= 15 is 0 Å². The monoisotopic (exact) mass is 812 g/mol. The molecule has 296 valence electrons. The number of imide groups is 1. The van der Waals surface area contributed by atoms with Crippen LogP contribution in [0.15, 0.2) is 48.7 Å². The number of carbonyl (C=O) groups excluding carboxylic acids is 4. The summed E-state index contributed by atoms with van der Waals surface area (Å²) in [5.74, 6) is -0.792. The maximum atomic E-state index is 13.7. The minimum Gasteiger partial charge on any atom is -0.490 e. The maximum absolute atomic E-state index is 13.7. The summed E-state index contributed by atoms with van der Waals surface area (Å²) >= 11 is 11.0. The Kier molecular flexibility index (Phi) is 11.7. The molecule has 4 amide bonds. The normalized spacial score (nSPS) is 20.4. The fourth-order valence-corrected chi connectivity index (χ4v) is 8.05. The molecule has 18 heteroatoms. The molecule has 0 radical (unpaired) electrons. The lowest BCUT2D eigenvalue weighted by Gasteiger charge is -2.34. The zero-order chi connectivity index (χ0) is 40.5. The SMILES string of the molecule is CCc1cc(N2C(S)N(c3cnc(C#N)c(C(F)(F)F)c3)C(=O)C2(C)C)ccc1OC1CCN(CC(=O)Nc2cc(Cl)cc(NC3CCC(=O)NC3=O)c2)CC1. The van der Waals surface area contributed by atoms with Gasteiger partial charge in [0.15, 0.2) is 11.2 Å². The highest BCUT2D eigenvalue weighted by atomic mass is 35.5. The van der Waals surface area contributed by atoms with Crippen LogP contribution >= 0.6 is 24.2 Å². The minimum absolute atomic E-state index is 0.121. The smallest absolute Gasteiger partial charge is 0.419 e. The molecule has 3 aromatic rings. The number of benzene rings is 2. The Morgan fingerprint density at radius 3 is 2.46 bits per heavy atom. The van der Waals surface area contributed by atoms with E-state index in [1.54, 1.807) is 43.0 Å². The van der Waals surface area contributed by atoms with Crippen LogP contribution in [-0.4, -0.2) is 76.3 Å². The van der Waals surface area contributed by atoms with E-state index in [9.17, 15) is 37.6 Å². The van der Waals surface area contributed by atoms with E-state index < -0.39 is 46.3 Å². The van der Waals surface area contributed by atoms with E-state index in [1.165, 1.54) is 6.07 Å². The third-order valence-electron chi connectivity index (χ3n) is 10.0. The quantitative estimate of drug-likeness (QED) is 0.147. The number of aryl methyl sites for hydroxylation is 1. The molecule has 2 atom stereocenters. The Morgan fingerprint density at radius 1 is 1.09 bits per heavy atom. The summed E-state index contributed by atoms with van der Waals surface area (Å²) in [6, 6.07) is 12.0. The second-order valence-corrected chi connectivity index (χ2v) is 15.2. The number of hydrogen-bond donors (Lipinski definition) is 4. The molecule has 0 saturated carbocycles. The average molecular weight is 813 g/mol. The van der Waals surface area contributed by atoms with E-state index in [2.05, 4.69) is 33.6 Å². The van der Waals surface area contributed by atoms with Gasteiger partial charge in [-0.3, -0.25) is 34.3 Å². The molecule has 3 aliphatic heterocycles. The zero-order valence-corrected chi connectivity index (χ0v) is 32.4. The Balaban J connectivity index is 1.06. The number of nitrogens with zero attached hydrogens (tertiary/aromatic N) is 5. The van der Waals surface area contributed by atoms with Crippen molar-refractivity contribution in [1.29, 1.82) is 5.26 Å². The molecule has 3 N–H and O–H groups in total. The van der Waals surface area contributed by atoms with E-state index in [0.29, 0.717) is 66.6 Å². The van der Waals surface area contributed by atoms with Gasteiger partial charge < -0.3 is 20.3 Å². The number of piperidine rings is 2. The number of nitriles is 1. The van der Waals surface area contributed by atoms with Gasteiger partial charge in [-0.05, 0) is 87.6 Å². The Labute approximate surface area is 331 Å². The van der Waals surface area contributed by atoms with Crippen LogP contribution in [0.4, 0.5) is 35.9 Å². The lowest BCUT2D eigenvalue weighted by Crippen LogP contribution is -2.47. The van der Waals surface area contributed by atoms with Gasteiger partial charge in [-0.25, -0.2) is 4.98 Å². The predicted molar refractivity (Wildman–Crippen MR) is 207 cm³/mol. The highest BCUT2D eigenvalue weighted by Crippen LogP contribution is 2.43. The van der Waals surface area contributed by atoms with Gasteiger partial charge in [0.2, 0.25) is 17.7 Å². The summed E-state index contributed by atoms with van der Waals surface area (Å²) in [6.07, 6.45) is -1.42. The second kappa shape index (κ2) is 16.2. The first-order valence-corrected chi connectivity index (χ1v) is 18.9. The molecule has 0 aliphatic carbocycles. The lowest BCUT2D eigenvalue weighted by atomic mass is 10.0. The van der Waals surface area contributed by atoms with Crippen LogP contribution in [0.1, 0.15) is 63.3 Å². The summed E-state index contributed by atoms with van der Waals surface area (Å²) in [5, 5.41) is 17.8. The van der Waals surface area contributed by atoms with Crippen LogP contribution in [0.2, 0.25) is 5.02 Å². The molecule has 2 unspecified atom stereocenters. The molecule has 3 fully saturated rings. The molecule has 3 aliphatic rings. The highest BCUT2D eigenvalue weighted by Gasteiger charge is 2.52. The van der Waals surface area contributed by atoms with Crippen molar-refractivity contribution in [3.8, 4) is 11.8 Å². The third kappa shape index (κ3) is 8.67. The van der Waals surface area contributed by atoms with Gasteiger partial charge in [-0.2, -0.15) is 18.4 Å². The number of hydrogen-bond acceptors (Lipinski definition) is 11. The van der Waals surface area contributed by atoms with Gasteiger partial charge >= 0.3 is 6.18 Å². The third-order valence-corrected chi connectivity index (χ3v) is 10.7. The Hall–Kier alpha value is -5.05. The lowest BCUT2D eigenvalue weighted by molar-refractivity contribution is -0.138. The molecule has 1 aromatic heterocycles. The molecule has 13 nitrogen and oxygen atoms in total. The number of rotatable bonds is 10. The van der Waals surface area contributed by atoms with E-state index in [0.717, 1.165) is 22.7 Å². The number of carbonyl (C=O) groups is 4. The van der Waals surface area contributed by atoms with E-state index in [-0.39, 0.29) is 36.6 Å². The molecule has 2 aromatic carbocycles. The van der Waals surface area contributed by atoms with Crippen LogP contribution < -0.4 is 30.5 Å². The Morgan fingerprint density at radius 2 is 1.80 bits per heavy atom. The number of nitrogens with one attached hydrogen (secondary N) is 3. The highest BCUT2D eigenvalue weighted by molar-refractivity contribution is 7.81. The molecule has 0 bridgehead atoms. The number of amides is 4. The van der Waals surface area contributed by atoms with Crippen molar-refractivity contribution < 1.29 is 37.1 Å². The molecule has 0 spiro atoms. The van der Waals surface area contributed by atoms with Crippen LogP contribution in [0.5, 0.6) is 5.75 Å². The number of anilines is 4. The second-order valence-electron chi connectivity index (χ2n) is 14.3. The number of thiol groups is 1. The van der Waals surface area contributed by atoms with Gasteiger partial charge in [0.1, 0.15) is 29.5 Å². The zero-order valence-electron chi connectivity index (χ0n) is 30.7. The van der Waals surface area contributed by atoms with Crippen molar-refractivity contribution in [2.75, 3.05) is 40.1 Å². The van der Waals surface area contributed by atoms with E-state index in [1.807, 2.05) is 24.0 Å². The number of pyridine rings is 1. The van der Waals surface area contributed by atoms with Crippen LogP contribution in [-0.2, 0) is 31.8 Å². The van der Waals surface area contributed by atoms with Gasteiger partial charge in [0.25, 0.3) is 5.91 Å². The molecule has 56 heavy (non-hydrogen) atoms. The van der Waals surface area contributed by atoms with Crippen LogP contribution in [0.25, 0.3) is 0 Å². The first kappa shape index (κ1) is 40.6. The van der Waals surface area contributed by atoms with Crippen molar-refractivity contribution in [1.82, 2.24) is 15.2 Å². The fraction of sp³-hybridized carbons (Fsp3) is 0.421. The predicted octanol–water partition coefficient (Wildman–Crippen LogP) is 5.73. The van der Waals surface area contributed by atoms with Crippen molar-refractivity contribution in [2.45, 2.75) is 82.2 Å². The number of alkyl halides is 3. The maximum Gasteiger partial charge on any atom is 0.419 e. The van der Waals surface area contributed by atoms with Crippen LogP contribution in [0, 0.1) is 11.3 Å². The summed E-state index contributed by atoms with van der Waals surface area (Å²) < 4.78 is 47.7. The Bertz CT molecular complexity index is 2090. The first-order chi connectivity index (χ1) is 26.5. The van der Waals surface area contributed by atoms with Crippen molar-refractivity contribution >= 4 is 70.6 Å². The number of halogens is 4. The van der Waals surface area contributed by atoms with Crippen LogP contribution in [0.3, 0.4) is 0 Å². The average Bonchev–Trinajstić information content (AvgIpc) is 3.31. The number of ether oxygens (including phenoxy) is 1. The minimum atomic E-state index is -4.85. The molecule has 3 saturated heterocycles. The summed E-state index contributed by atoms with van der Waals surface area (Å²) in [6.45, 7) is 6.66. The van der Waals surface area contributed by atoms with Gasteiger partial charge in [-0.1, -0.05) is 18.5 Å². The largest absolute Gasteiger partial charge is 0.490 e. The van der Waals surface area contributed by atoms with Gasteiger partial charge in [0.05, 0.1) is 24.0 Å². The topological polar surface area (TPSA) is 160 Å². The summed E-state index contributed by atoms with van der Waals surface area (Å²) in [4.78, 5) is 58.9. The number of aromatic nitrogens is 1. The summed E-state index contributed by atoms with van der Waals surface area (Å²) in [5.41, 5.74) is -1.86. The molecular weight excluding hydrogens is 773 g/mol. The van der Waals surface area contributed by atoms with Crippen molar-refractivity contribution in [3.05, 3.63) is 70.5 Å². The fourth-order valence-electron chi connectivity index (χ4n) is 7.16. The van der Waals surface area contributed by atoms with Gasteiger partial charge in [0, 0.05) is 41.6 Å².